The average molecular weight is 417 g/mol. The molecule has 2 aromatic rings. The second-order valence-electron chi connectivity index (χ2n) is 7.75. The third kappa shape index (κ3) is 3.35. The molecule has 1 saturated carbocycles. The maximum Gasteiger partial charge on any atom is 0.248 e. The fraction of sp³-hybridized carbons (Fsp3) is 0.292. The van der Waals surface area contributed by atoms with E-state index in [1.807, 2.05) is 27.3 Å². The normalized spacial score (nSPS) is 18.9. The lowest BCUT2D eigenvalue weighted by Gasteiger charge is -2.32. The Morgan fingerprint density at radius 1 is 1.33 bits per heavy atom. The first-order chi connectivity index (χ1) is 14.7. The van der Waals surface area contributed by atoms with E-state index in [9.17, 15) is 4.79 Å². The van der Waals surface area contributed by atoms with E-state index in [1.54, 1.807) is 11.8 Å². The molecule has 2 aliphatic heterocycles. The summed E-state index contributed by atoms with van der Waals surface area (Å²) in [7, 11) is 0. The molecule has 30 heavy (non-hydrogen) atoms. The maximum atomic E-state index is 12.9. The molecule has 1 aromatic carbocycles. The van der Waals surface area contributed by atoms with Gasteiger partial charge in [0.15, 0.2) is 0 Å². The molecule has 0 bridgehead atoms. The minimum Gasteiger partial charge on any atom is -0.310 e. The van der Waals surface area contributed by atoms with E-state index in [2.05, 4.69) is 54.0 Å². The van der Waals surface area contributed by atoms with E-state index in [0.717, 1.165) is 29.2 Å². The minimum atomic E-state index is 0.0431. The van der Waals surface area contributed by atoms with Crippen LogP contribution in [0.3, 0.4) is 0 Å². The van der Waals surface area contributed by atoms with Crippen molar-refractivity contribution in [2.24, 2.45) is 4.99 Å². The second kappa shape index (κ2) is 7.76. The van der Waals surface area contributed by atoms with Crippen LogP contribution >= 0.6 is 11.8 Å². The van der Waals surface area contributed by atoms with Gasteiger partial charge in [0.1, 0.15) is 18.7 Å². The number of thioether (sulfide) groups is 1. The van der Waals surface area contributed by atoms with Gasteiger partial charge in [-0.15, -0.1) is 0 Å². The fourth-order valence-electron chi connectivity index (χ4n) is 4.22. The Morgan fingerprint density at radius 2 is 2.20 bits per heavy atom. The number of hydrogen-bond donors (Lipinski definition) is 0. The summed E-state index contributed by atoms with van der Waals surface area (Å²) in [5.41, 5.74) is 5.65. The van der Waals surface area contributed by atoms with Gasteiger partial charge in [-0.05, 0) is 42.7 Å². The minimum absolute atomic E-state index is 0.0431. The molecule has 0 atom stereocenters. The van der Waals surface area contributed by atoms with E-state index >= 15 is 0 Å². The number of rotatable bonds is 4. The third-order valence-electron chi connectivity index (χ3n) is 5.87. The molecule has 0 saturated heterocycles. The van der Waals surface area contributed by atoms with Crippen LogP contribution in [0.1, 0.15) is 48.1 Å². The molecule has 5 nitrogen and oxygen atoms in total. The Kier molecular flexibility index (Phi) is 4.95. The largest absolute Gasteiger partial charge is 0.310 e. The molecule has 0 unspecified atom stereocenters. The predicted octanol–water partition coefficient (Wildman–Crippen LogP) is 4.68. The molecule has 1 fully saturated rings. The molecule has 1 aromatic heterocycles. The summed E-state index contributed by atoms with van der Waals surface area (Å²) in [5, 5.41) is 1.86. The smallest absolute Gasteiger partial charge is 0.248 e. The molecular formula is C24H24N4OS. The summed E-state index contributed by atoms with van der Waals surface area (Å²) >= 11 is 1.63. The number of amides is 1. The number of fused-ring (bicyclic) bond motifs is 3. The molecule has 0 N–H and O–H groups in total. The summed E-state index contributed by atoms with van der Waals surface area (Å²) in [4.78, 5) is 25.1. The lowest BCUT2D eigenvalue weighted by Crippen LogP contribution is -2.36. The first-order valence-corrected chi connectivity index (χ1v) is 11.2. The highest BCUT2D eigenvalue weighted by Crippen LogP contribution is 2.40. The first kappa shape index (κ1) is 19.1. The lowest BCUT2D eigenvalue weighted by atomic mass is 9.91. The van der Waals surface area contributed by atoms with Crippen molar-refractivity contribution in [1.82, 2.24) is 14.5 Å². The van der Waals surface area contributed by atoms with Crippen LogP contribution in [0.5, 0.6) is 0 Å². The number of aromatic nitrogens is 2. The van der Waals surface area contributed by atoms with E-state index in [0.29, 0.717) is 12.5 Å². The maximum absolute atomic E-state index is 12.9. The number of benzene rings is 1. The summed E-state index contributed by atoms with van der Waals surface area (Å²) in [6, 6.07) is 6.34. The van der Waals surface area contributed by atoms with Crippen molar-refractivity contribution in [3.63, 3.8) is 0 Å². The summed E-state index contributed by atoms with van der Waals surface area (Å²) in [6.45, 7) is 6.75. The molecule has 3 heterocycles. The van der Waals surface area contributed by atoms with Crippen LogP contribution in [-0.2, 0) is 11.2 Å². The zero-order valence-electron chi connectivity index (χ0n) is 17.0. The number of hydrogen-bond acceptors (Lipinski definition) is 4. The highest BCUT2D eigenvalue weighted by atomic mass is 32.2. The van der Waals surface area contributed by atoms with E-state index in [4.69, 9.17) is 0 Å². The van der Waals surface area contributed by atoms with Crippen LogP contribution in [0.4, 0.5) is 0 Å². The molecule has 3 aliphatic rings. The predicted molar refractivity (Wildman–Crippen MR) is 123 cm³/mol. The van der Waals surface area contributed by atoms with Gasteiger partial charge in [-0.3, -0.25) is 14.4 Å². The van der Waals surface area contributed by atoms with E-state index in [-0.39, 0.29) is 12.5 Å². The molecule has 0 spiro atoms. The Labute approximate surface area is 180 Å². The van der Waals surface area contributed by atoms with E-state index in [1.165, 1.54) is 28.9 Å². The lowest BCUT2D eigenvalue weighted by molar-refractivity contribution is -0.126. The average Bonchev–Trinajstić information content (AvgIpc) is 3.53. The standard InChI is InChI=1S/C24H24N4OS/c1-3-22(30-4-2)19-7-5-6-18-17(19)10-11-28-21(18)12-23(25-13-24(28)29)27-14-20(26-15-27)16-8-9-16/h3-7,12,14-16H,2,8-11,13H2,1H3. The molecular weight excluding hydrogens is 392 g/mol. The SMILES string of the molecule is C=CSC(=CC)c1cccc2c1CCN1C(=O)CN=C(n3cnc(C4CC4)c3)C=C21. The zero-order chi connectivity index (χ0) is 20.7. The van der Waals surface area contributed by atoms with Gasteiger partial charge in [0.2, 0.25) is 5.91 Å². The van der Waals surface area contributed by atoms with Gasteiger partial charge in [0.25, 0.3) is 0 Å². The van der Waals surface area contributed by atoms with Crippen molar-refractivity contribution < 1.29 is 4.79 Å². The Balaban J connectivity index is 1.60. The van der Waals surface area contributed by atoms with E-state index < -0.39 is 0 Å². The summed E-state index contributed by atoms with van der Waals surface area (Å²) < 4.78 is 1.96. The van der Waals surface area contributed by atoms with Gasteiger partial charge in [-0.1, -0.05) is 42.6 Å². The number of aliphatic imine (C=N–C) groups is 1. The van der Waals surface area contributed by atoms with Crippen LogP contribution in [0, 0.1) is 0 Å². The first-order valence-electron chi connectivity index (χ1n) is 10.4. The molecule has 5 rings (SSSR count). The Morgan fingerprint density at radius 3 is 2.97 bits per heavy atom. The van der Waals surface area contributed by atoms with Crippen molar-refractivity contribution in [3.05, 3.63) is 77.2 Å². The van der Waals surface area contributed by atoms with Crippen molar-refractivity contribution in [2.75, 3.05) is 13.1 Å². The van der Waals surface area contributed by atoms with Gasteiger partial charge in [0.05, 0.1) is 11.4 Å². The zero-order valence-corrected chi connectivity index (χ0v) is 17.9. The fourth-order valence-corrected chi connectivity index (χ4v) is 4.85. The van der Waals surface area contributed by atoms with Crippen molar-refractivity contribution in [2.45, 2.75) is 32.1 Å². The van der Waals surface area contributed by atoms with Crippen molar-refractivity contribution >= 4 is 34.1 Å². The van der Waals surface area contributed by atoms with Gasteiger partial charge in [-0.2, -0.15) is 0 Å². The Bertz CT molecular complexity index is 1120. The summed E-state index contributed by atoms with van der Waals surface area (Å²) in [5.74, 6) is 1.40. The van der Waals surface area contributed by atoms with Crippen LogP contribution < -0.4 is 0 Å². The van der Waals surface area contributed by atoms with Crippen LogP contribution in [0.15, 0.2) is 59.9 Å². The third-order valence-corrected chi connectivity index (χ3v) is 6.75. The topological polar surface area (TPSA) is 50.5 Å². The number of allylic oxidation sites excluding steroid dienone is 2. The number of imidazole rings is 1. The molecule has 6 heteroatoms. The highest BCUT2D eigenvalue weighted by molar-refractivity contribution is 8.10. The molecule has 1 aliphatic carbocycles. The Hall–Kier alpha value is -2.86. The van der Waals surface area contributed by atoms with Crippen LogP contribution in [0.2, 0.25) is 0 Å². The van der Waals surface area contributed by atoms with Crippen LogP contribution in [-0.4, -0.2) is 39.3 Å². The number of carbonyl (C=O) groups is 1. The van der Waals surface area contributed by atoms with Gasteiger partial charge in [0, 0.05) is 35.2 Å². The van der Waals surface area contributed by atoms with Gasteiger partial charge < -0.3 is 4.90 Å². The van der Waals surface area contributed by atoms with Crippen molar-refractivity contribution in [1.29, 1.82) is 0 Å². The monoisotopic (exact) mass is 416 g/mol. The highest BCUT2D eigenvalue weighted by Gasteiger charge is 2.30. The molecule has 0 radical (unpaired) electrons. The quantitative estimate of drug-likeness (QED) is 0.727. The number of carbonyl (C=O) groups excluding carboxylic acids is 1. The number of nitrogens with zero attached hydrogens (tertiary/aromatic N) is 4. The summed E-state index contributed by atoms with van der Waals surface area (Å²) in [6.07, 6.45) is 11.3. The van der Waals surface area contributed by atoms with Gasteiger partial charge >= 0.3 is 0 Å². The molecule has 1 amide bonds. The van der Waals surface area contributed by atoms with Crippen molar-refractivity contribution in [3.8, 4) is 0 Å². The van der Waals surface area contributed by atoms with Crippen LogP contribution in [0.25, 0.3) is 10.6 Å². The molecule has 152 valence electrons. The van der Waals surface area contributed by atoms with Gasteiger partial charge in [-0.25, -0.2) is 4.98 Å². The second-order valence-corrected chi connectivity index (χ2v) is 8.76.